The maximum atomic E-state index is 13.1. The maximum absolute atomic E-state index is 13.1. The number of hydrogen-bond donors (Lipinski definition) is 2. The molecule has 2 fully saturated rings. The van der Waals surface area contributed by atoms with Crippen LogP contribution in [0.4, 0.5) is 11.4 Å². The van der Waals surface area contributed by atoms with Crippen molar-refractivity contribution >= 4 is 23.3 Å². The molecule has 1 amide bonds. The van der Waals surface area contributed by atoms with Crippen LogP contribution in [0.3, 0.4) is 0 Å². The normalized spacial score (nSPS) is 16.5. The molecular formula is C31H36N4O4. The largest absolute Gasteiger partial charge is 0.493 e. The number of rotatable bonds is 11. The average molecular weight is 529 g/mol. The summed E-state index contributed by atoms with van der Waals surface area (Å²) in [5, 5.41) is 12.3. The number of hydrogen-bond acceptors (Lipinski definition) is 6. The lowest BCUT2D eigenvalue weighted by molar-refractivity contribution is -0.137. The maximum Gasteiger partial charge on any atom is 0.303 e. The highest BCUT2D eigenvalue weighted by Crippen LogP contribution is 2.45. The van der Waals surface area contributed by atoms with E-state index in [1.165, 1.54) is 11.9 Å². The van der Waals surface area contributed by atoms with Gasteiger partial charge < -0.3 is 20.1 Å². The number of piperidine rings is 1. The summed E-state index contributed by atoms with van der Waals surface area (Å²) in [6, 6.07) is 14.0. The molecule has 0 spiro atoms. The van der Waals surface area contributed by atoms with Crippen LogP contribution in [0.1, 0.15) is 66.4 Å². The topological polar surface area (TPSA) is 105 Å². The van der Waals surface area contributed by atoms with Gasteiger partial charge in [-0.2, -0.15) is 0 Å². The number of nitrogens with one attached hydrogen (secondary N) is 1. The zero-order valence-corrected chi connectivity index (χ0v) is 22.4. The fourth-order valence-electron chi connectivity index (χ4n) is 5.45. The summed E-state index contributed by atoms with van der Waals surface area (Å²) in [5.41, 5.74) is 4.44. The molecule has 0 bridgehead atoms. The molecule has 39 heavy (non-hydrogen) atoms. The van der Waals surface area contributed by atoms with Crippen molar-refractivity contribution in [2.45, 2.75) is 51.4 Å². The fourth-order valence-corrected chi connectivity index (χ4v) is 5.45. The van der Waals surface area contributed by atoms with E-state index in [1.54, 1.807) is 12.4 Å². The third-order valence-electron chi connectivity index (χ3n) is 7.85. The Balaban J connectivity index is 1.20. The lowest BCUT2D eigenvalue weighted by Crippen LogP contribution is -2.36. The number of nitrogens with zero attached hydrogens (tertiary/aromatic N) is 3. The Morgan fingerprint density at radius 1 is 1.08 bits per heavy atom. The van der Waals surface area contributed by atoms with Crippen molar-refractivity contribution in [3.63, 3.8) is 0 Å². The predicted molar refractivity (Wildman–Crippen MR) is 150 cm³/mol. The lowest BCUT2D eigenvalue weighted by atomic mass is 9.91. The minimum atomic E-state index is -0.746. The molecule has 2 heterocycles. The Kier molecular flexibility index (Phi) is 8.39. The first-order chi connectivity index (χ1) is 19.0. The van der Waals surface area contributed by atoms with Crippen molar-refractivity contribution in [3.05, 3.63) is 77.9 Å². The summed E-state index contributed by atoms with van der Waals surface area (Å²) in [6.45, 7) is 4.44. The Bertz CT molecular complexity index is 1290. The number of ether oxygens (including phenoxy) is 1. The van der Waals surface area contributed by atoms with Gasteiger partial charge in [-0.25, -0.2) is 9.97 Å². The molecule has 3 aromatic rings. The number of carbonyl (C=O) groups is 2. The highest BCUT2D eigenvalue weighted by atomic mass is 16.5. The van der Waals surface area contributed by atoms with Crippen LogP contribution in [0.25, 0.3) is 0 Å². The number of carbonyl (C=O) groups excluding carboxylic acids is 1. The van der Waals surface area contributed by atoms with Crippen molar-refractivity contribution in [1.29, 1.82) is 0 Å². The molecular weight excluding hydrogens is 492 g/mol. The van der Waals surface area contributed by atoms with Crippen LogP contribution >= 0.6 is 0 Å². The van der Waals surface area contributed by atoms with Crippen molar-refractivity contribution in [2.24, 2.45) is 11.8 Å². The minimum absolute atomic E-state index is 0.0639. The average Bonchev–Trinajstić information content (AvgIpc) is 3.81. The zero-order valence-electron chi connectivity index (χ0n) is 22.4. The van der Waals surface area contributed by atoms with Crippen LogP contribution in [0.2, 0.25) is 0 Å². The highest BCUT2D eigenvalue weighted by molar-refractivity contribution is 6.08. The first-order valence-electron chi connectivity index (χ1n) is 13.9. The van der Waals surface area contributed by atoms with Gasteiger partial charge in [0.05, 0.1) is 36.7 Å². The third kappa shape index (κ3) is 6.93. The van der Waals surface area contributed by atoms with Gasteiger partial charge in [-0.1, -0.05) is 25.1 Å². The second kappa shape index (κ2) is 12.3. The van der Waals surface area contributed by atoms with Crippen LogP contribution < -0.4 is 15.0 Å². The Labute approximate surface area is 229 Å². The number of anilines is 2. The quantitative estimate of drug-likeness (QED) is 0.336. The van der Waals surface area contributed by atoms with Gasteiger partial charge in [0.25, 0.3) is 5.91 Å². The monoisotopic (exact) mass is 528 g/mol. The smallest absolute Gasteiger partial charge is 0.303 e. The number of carboxylic acids is 1. The first kappa shape index (κ1) is 26.7. The van der Waals surface area contributed by atoms with E-state index in [-0.39, 0.29) is 18.2 Å². The van der Waals surface area contributed by atoms with Crippen LogP contribution in [-0.2, 0) is 11.2 Å². The summed E-state index contributed by atoms with van der Waals surface area (Å²) in [6.07, 6.45) is 9.82. The molecule has 2 N–H and O–H groups in total. The number of benzene rings is 2. The summed E-state index contributed by atoms with van der Waals surface area (Å²) in [7, 11) is 0. The van der Waals surface area contributed by atoms with Crippen LogP contribution in [0, 0.1) is 11.8 Å². The van der Waals surface area contributed by atoms with E-state index in [1.807, 2.05) is 36.4 Å². The zero-order chi connectivity index (χ0) is 27.2. The fraction of sp³-hybridized carbons (Fsp3) is 0.419. The molecule has 1 saturated heterocycles. The molecule has 1 aliphatic carbocycles. The van der Waals surface area contributed by atoms with Gasteiger partial charge in [-0.15, -0.1) is 0 Å². The van der Waals surface area contributed by atoms with Gasteiger partial charge in [-0.05, 0) is 85.3 Å². The molecule has 5 rings (SSSR count). The lowest BCUT2D eigenvalue weighted by Gasteiger charge is -2.34. The summed E-state index contributed by atoms with van der Waals surface area (Å²) in [4.78, 5) is 34.8. The van der Waals surface area contributed by atoms with E-state index in [0.29, 0.717) is 29.7 Å². The molecule has 1 unspecified atom stereocenters. The van der Waals surface area contributed by atoms with Gasteiger partial charge in [-0.3, -0.25) is 9.59 Å². The standard InChI is InChI=1S/C31H36N4O4/c1-2-21-6-9-27(31(38)34-25-17-32-20-33-18-25)29(14-21)35-12-10-22(11-13-35)19-39-26-5-3-4-24(15-26)28(16-30(36)37)23-7-8-23/h3-6,9,14-15,17-18,20,22-23,28H,2,7-8,10-13,16,19H2,1H3,(H,34,38)(H,36,37). The first-order valence-corrected chi connectivity index (χ1v) is 13.9. The molecule has 1 saturated carbocycles. The summed E-state index contributed by atoms with van der Waals surface area (Å²) >= 11 is 0. The molecule has 0 radical (unpaired) electrons. The highest BCUT2D eigenvalue weighted by Gasteiger charge is 2.34. The van der Waals surface area contributed by atoms with Gasteiger partial charge in [0.1, 0.15) is 12.1 Å². The molecule has 1 atom stereocenters. The van der Waals surface area contributed by atoms with E-state index in [2.05, 4.69) is 33.2 Å². The predicted octanol–water partition coefficient (Wildman–Crippen LogP) is 5.56. The molecule has 2 aromatic carbocycles. The molecule has 1 aromatic heterocycles. The molecule has 8 heteroatoms. The van der Waals surface area contributed by atoms with E-state index in [9.17, 15) is 14.7 Å². The van der Waals surface area contributed by atoms with Crippen molar-refractivity contribution in [3.8, 4) is 5.75 Å². The van der Waals surface area contributed by atoms with Crippen LogP contribution in [-0.4, -0.2) is 46.6 Å². The number of amides is 1. The Hall–Kier alpha value is -3.94. The van der Waals surface area contributed by atoms with Gasteiger partial charge in [0, 0.05) is 18.8 Å². The number of aryl methyl sites for hydroxylation is 1. The number of carboxylic acid groups (broad SMARTS) is 1. The molecule has 2 aliphatic rings. The Morgan fingerprint density at radius 3 is 2.54 bits per heavy atom. The van der Waals surface area contributed by atoms with E-state index in [0.717, 1.165) is 62.2 Å². The van der Waals surface area contributed by atoms with Gasteiger partial charge in [0.2, 0.25) is 0 Å². The Morgan fingerprint density at radius 2 is 1.85 bits per heavy atom. The molecule has 1 aliphatic heterocycles. The molecule has 8 nitrogen and oxygen atoms in total. The van der Waals surface area contributed by atoms with Crippen LogP contribution in [0.15, 0.2) is 61.2 Å². The second-order valence-corrected chi connectivity index (χ2v) is 10.6. The van der Waals surface area contributed by atoms with E-state index in [4.69, 9.17) is 4.74 Å². The number of aliphatic carboxylic acids is 1. The van der Waals surface area contributed by atoms with E-state index < -0.39 is 5.97 Å². The number of aromatic nitrogens is 2. The summed E-state index contributed by atoms with van der Waals surface area (Å²) < 4.78 is 6.21. The van der Waals surface area contributed by atoms with E-state index >= 15 is 0 Å². The van der Waals surface area contributed by atoms with Crippen molar-refractivity contribution in [1.82, 2.24) is 9.97 Å². The summed E-state index contributed by atoms with van der Waals surface area (Å²) in [5.74, 6) is 0.847. The second-order valence-electron chi connectivity index (χ2n) is 10.6. The van der Waals surface area contributed by atoms with Crippen molar-refractivity contribution in [2.75, 3.05) is 29.9 Å². The van der Waals surface area contributed by atoms with Gasteiger partial charge in [0.15, 0.2) is 0 Å². The molecule has 204 valence electrons. The van der Waals surface area contributed by atoms with Crippen LogP contribution in [0.5, 0.6) is 5.75 Å². The minimum Gasteiger partial charge on any atom is -0.493 e. The third-order valence-corrected chi connectivity index (χ3v) is 7.85. The SMILES string of the molecule is CCc1ccc(C(=O)Nc2cncnc2)c(N2CCC(COc3cccc(C(CC(=O)O)C4CC4)c3)CC2)c1. The van der Waals surface area contributed by atoms with Gasteiger partial charge >= 0.3 is 5.97 Å². The van der Waals surface area contributed by atoms with Crippen molar-refractivity contribution < 1.29 is 19.4 Å².